The summed E-state index contributed by atoms with van der Waals surface area (Å²) in [5, 5.41) is 5.91. The van der Waals surface area contributed by atoms with Crippen molar-refractivity contribution in [2.24, 2.45) is 5.92 Å². The Morgan fingerprint density at radius 2 is 1.93 bits per heavy atom. The molecule has 7 heteroatoms. The molecule has 2 aromatic carbocycles. The van der Waals surface area contributed by atoms with Crippen molar-refractivity contribution in [1.29, 1.82) is 0 Å². The molecule has 30 heavy (non-hydrogen) atoms. The van der Waals surface area contributed by atoms with Gasteiger partial charge in [-0.3, -0.25) is 14.9 Å². The lowest BCUT2D eigenvalue weighted by molar-refractivity contribution is -0.120. The summed E-state index contributed by atoms with van der Waals surface area (Å²) in [6.07, 6.45) is 2.88. The van der Waals surface area contributed by atoms with Crippen molar-refractivity contribution in [1.82, 2.24) is 4.98 Å². The van der Waals surface area contributed by atoms with Gasteiger partial charge in [0.15, 0.2) is 5.13 Å². The van der Waals surface area contributed by atoms with Crippen LogP contribution >= 0.6 is 22.9 Å². The molecule has 1 saturated carbocycles. The minimum Gasteiger partial charge on any atom is -0.309 e. The highest BCUT2D eigenvalue weighted by Crippen LogP contribution is 2.40. The van der Waals surface area contributed by atoms with Gasteiger partial charge >= 0.3 is 0 Å². The Bertz CT molecular complexity index is 1140. The van der Waals surface area contributed by atoms with Gasteiger partial charge < -0.3 is 4.90 Å². The molecular formula is C23H20ClN3O2S. The smallest absolute Gasteiger partial charge is 0.257 e. The van der Waals surface area contributed by atoms with E-state index < -0.39 is 0 Å². The number of amides is 2. The Hall–Kier alpha value is -2.70. The van der Waals surface area contributed by atoms with Crippen molar-refractivity contribution in [3.63, 3.8) is 0 Å². The summed E-state index contributed by atoms with van der Waals surface area (Å²) < 4.78 is 0. The van der Waals surface area contributed by atoms with E-state index in [1.54, 1.807) is 24.3 Å². The van der Waals surface area contributed by atoms with Crippen LogP contribution < -0.4 is 10.2 Å². The van der Waals surface area contributed by atoms with Crippen LogP contribution in [-0.2, 0) is 11.2 Å². The van der Waals surface area contributed by atoms with Crippen LogP contribution in [0.15, 0.2) is 47.8 Å². The first-order chi connectivity index (χ1) is 14.5. The van der Waals surface area contributed by atoms with E-state index in [-0.39, 0.29) is 23.8 Å². The Labute approximate surface area is 183 Å². The van der Waals surface area contributed by atoms with Crippen LogP contribution in [0.5, 0.6) is 0 Å². The number of anilines is 2. The fourth-order valence-electron chi connectivity index (χ4n) is 3.89. The van der Waals surface area contributed by atoms with Crippen LogP contribution in [0, 0.1) is 5.92 Å². The number of fused-ring (bicyclic) bond motifs is 1. The molecule has 5 rings (SSSR count). The summed E-state index contributed by atoms with van der Waals surface area (Å²) in [4.78, 5) is 31.6. The average molecular weight is 438 g/mol. The number of hydrogen-bond donors (Lipinski definition) is 1. The second-order valence-electron chi connectivity index (χ2n) is 7.88. The van der Waals surface area contributed by atoms with Crippen molar-refractivity contribution >= 4 is 45.6 Å². The average Bonchev–Trinajstić information content (AvgIpc) is 3.39. The van der Waals surface area contributed by atoms with Gasteiger partial charge in [0.25, 0.3) is 5.91 Å². The Kier molecular flexibility index (Phi) is 4.83. The van der Waals surface area contributed by atoms with E-state index in [9.17, 15) is 9.59 Å². The van der Waals surface area contributed by atoms with Gasteiger partial charge in [0, 0.05) is 39.2 Å². The van der Waals surface area contributed by atoms with Gasteiger partial charge in [-0.2, -0.15) is 0 Å². The molecule has 0 bridgehead atoms. The molecule has 5 nitrogen and oxygen atoms in total. The molecule has 152 valence electrons. The van der Waals surface area contributed by atoms with Gasteiger partial charge in [-0.25, -0.2) is 4.98 Å². The molecule has 2 amide bonds. The number of hydrogen-bond acceptors (Lipinski definition) is 4. The highest BCUT2D eigenvalue weighted by Gasteiger charge is 2.39. The molecule has 1 aliphatic heterocycles. The van der Waals surface area contributed by atoms with Crippen molar-refractivity contribution in [2.75, 3.05) is 10.2 Å². The molecule has 2 aliphatic rings. The van der Waals surface area contributed by atoms with Crippen molar-refractivity contribution in [3.8, 4) is 11.3 Å². The maximum Gasteiger partial charge on any atom is 0.257 e. The SMILES string of the molecule is CC1Cc2cc(-c3csc(NC(=O)c4ccc(Cl)cc4)n3)ccc2N1C(=O)C1CC1. The summed E-state index contributed by atoms with van der Waals surface area (Å²) >= 11 is 7.27. The van der Waals surface area contributed by atoms with Gasteiger partial charge in [-0.05, 0) is 68.1 Å². The number of nitrogens with zero attached hydrogens (tertiary/aromatic N) is 2. The second kappa shape index (κ2) is 7.52. The van der Waals surface area contributed by atoms with Crippen molar-refractivity contribution in [3.05, 3.63) is 64.0 Å². The number of nitrogens with one attached hydrogen (secondary N) is 1. The normalized spacial score (nSPS) is 17.7. The quantitative estimate of drug-likeness (QED) is 0.594. The predicted octanol–water partition coefficient (Wildman–Crippen LogP) is 5.40. The maximum absolute atomic E-state index is 12.6. The Balaban J connectivity index is 1.34. The summed E-state index contributed by atoms with van der Waals surface area (Å²) in [6, 6.07) is 13.1. The second-order valence-corrected chi connectivity index (χ2v) is 9.17. The van der Waals surface area contributed by atoms with E-state index in [1.807, 2.05) is 22.4 Å². The van der Waals surface area contributed by atoms with E-state index in [4.69, 9.17) is 11.6 Å². The summed E-state index contributed by atoms with van der Waals surface area (Å²) in [6.45, 7) is 2.10. The highest BCUT2D eigenvalue weighted by atomic mass is 35.5. The van der Waals surface area contributed by atoms with E-state index in [2.05, 4.69) is 23.3 Å². The summed E-state index contributed by atoms with van der Waals surface area (Å²) in [5.41, 5.74) is 4.53. The molecule has 1 atom stereocenters. The lowest BCUT2D eigenvalue weighted by Crippen LogP contribution is -2.36. The lowest BCUT2D eigenvalue weighted by atomic mass is 10.1. The number of rotatable bonds is 4. The molecule has 0 spiro atoms. The minimum atomic E-state index is -0.218. The van der Waals surface area contributed by atoms with Crippen LogP contribution in [-0.4, -0.2) is 22.8 Å². The molecule has 2 heterocycles. The van der Waals surface area contributed by atoms with E-state index in [0.717, 1.165) is 36.2 Å². The zero-order valence-electron chi connectivity index (χ0n) is 16.4. The zero-order valence-corrected chi connectivity index (χ0v) is 18.0. The van der Waals surface area contributed by atoms with Crippen LogP contribution in [0.1, 0.15) is 35.7 Å². The molecule has 1 fully saturated rings. The van der Waals surface area contributed by atoms with Gasteiger partial charge in [-0.15, -0.1) is 11.3 Å². The molecule has 1 aromatic heterocycles. The fraction of sp³-hybridized carbons (Fsp3) is 0.261. The lowest BCUT2D eigenvalue weighted by Gasteiger charge is -2.22. The van der Waals surface area contributed by atoms with Crippen molar-refractivity contribution in [2.45, 2.75) is 32.2 Å². The third-order valence-electron chi connectivity index (χ3n) is 5.59. The first kappa shape index (κ1) is 19.3. The van der Waals surface area contributed by atoms with Gasteiger partial charge in [0.1, 0.15) is 0 Å². The maximum atomic E-state index is 12.6. The Morgan fingerprint density at radius 1 is 1.17 bits per heavy atom. The van der Waals surface area contributed by atoms with Crippen LogP contribution in [0.25, 0.3) is 11.3 Å². The first-order valence-electron chi connectivity index (χ1n) is 9.98. The van der Waals surface area contributed by atoms with Crippen LogP contribution in [0.3, 0.4) is 0 Å². The van der Waals surface area contributed by atoms with Crippen LogP contribution in [0.4, 0.5) is 10.8 Å². The molecular weight excluding hydrogens is 418 g/mol. The van der Waals surface area contributed by atoms with Crippen LogP contribution in [0.2, 0.25) is 5.02 Å². The number of halogens is 1. The van der Waals surface area contributed by atoms with Gasteiger partial charge in [0.05, 0.1) is 5.69 Å². The largest absolute Gasteiger partial charge is 0.309 e. The predicted molar refractivity (Wildman–Crippen MR) is 120 cm³/mol. The van der Waals surface area contributed by atoms with Gasteiger partial charge in [0.2, 0.25) is 5.91 Å². The van der Waals surface area contributed by atoms with E-state index in [1.165, 1.54) is 16.9 Å². The number of aromatic nitrogens is 1. The summed E-state index contributed by atoms with van der Waals surface area (Å²) in [5.74, 6) is 0.253. The summed E-state index contributed by atoms with van der Waals surface area (Å²) in [7, 11) is 0. The molecule has 1 aliphatic carbocycles. The molecule has 0 radical (unpaired) electrons. The topological polar surface area (TPSA) is 62.3 Å². The minimum absolute atomic E-state index is 0.188. The number of thiazole rings is 1. The third kappa shape index (κ3) is 3.61. The standard InChI is InChI=1S/C23H20ClN3O2S/c1-13-10-17-11-16(6-9-20(17)27(13)22(29)15-2-3-15)19-12-30-23(25-19)26-21(28)14-4-7-18(24)8-5-14/h4-9,11-13,15H,2-3,10H2,1H3,(H,25,26,28). The highest BCUT2D eigenvalue weighted by molar-refractivity contribution is 7.14. The zero-order chi connectivity index (χ0) is 20.8. The monoisotopic (exact) mass is 437 g/mol. The first-order valence-corrected chi connectivity index (χ1v) is 11.2. The van der Waals surface area contributed by atoms with E-state index >= 15 is 0 Å². The third-order valence-corrected chi connectivity index (χ3v) is 6.60. The van der Waals surface area contributed by atoms with Gasteiger partial charge in [-0.1, -0.05) is 17.7 Å². The Morgan fingerprint density at radius 3 is 2.67 bits per heavy atom. The number of carbonyl (C=O) groups excluding carboxylic acids is 2. The van der Waals surface area contributed by atoms with Crippen molar-refractivity contribution < 1.29 is 9.59 Å². The molecule has 1 N–H and O–H groups in total. The van der Waals surface area contributed by atoms with E-state index in [0.29, 0.717) is 15.7 Å². The fourth-order valence-corrected chi connectivity index (χ4v) is 4.73. The molecule has 1 unspecified atom stereocenters. The number of carbonyl (C=O) groups is 2. The molecule has 0 saturated heterocycles. The number of benzene rings is 2. The molecule has 3 aromatic rings.